The van der Waals surface area contributed by atoms with Gasteiger partial charge in [0.1, 0.15) is 0 Å². The third kappa shape index (κ3) is 3.34. The molecule has 1 unspecified atom stereocenters. The van der Waals surface area contributed by atoms with Crippen LogP contribution in [0.25, 0.3) is 21.7 Å². The predicted molar refractivity (Wildman–Crippen MR) is 112 cm³/mol. The van der Waals surface area contributed by atoms with Gasteiger partial charge in [-0.1, -0.05) is 30.3 Å². The molecule has 0 aliphatic heterocycles. The molecule has 2 aromatic heterocycles. The fourth-order valence-corrected chi connectivity index (χ4v) is 4.17. The molecule has 144 valence electrons. The molecule has 1 fully saturated rings. The average molecular weight is 383 g/mol. The van der Waals surface area contributed by atoms with E-state index in [0.717, 1.165) is 27.2 Å². The average Bonchev–Trinajstić information content (AvgIpc) is 2.74. The van der Waals surface area contributed by atoms with E-state index in [9.17, 15) is 9.90 Å². The summed E-state index contributed by atoms with van der Waals surface area (Å²) in [4.78, 5) is 21.9. The largest absolute Gasteiger partial charge is 0.393 e. The van der Waals surface area contributed by atoms with Gasteiger partial charge in [-0.15, -0.1) is 0 Å². The van der Waals surface area contributed by atoms with Crippen molar-refractivity contribution >= 4 is 27.6 Å². The normalized spacial score (nSPS) is 19.6. The molecule has 5 heteroatoms. The number of fused-ring (bicyclic) bond motifs is 2. The topological polar surface area (TPSA) is 75.1 Å². The molecule has 0 bridgehead atoms. The Morgan fingerprint density at radius 1 is 1.03 bits per heavy atom. The SMILES string of the molecule is O=C(NC(c1cnc2ccccc2c1)C1CC(O)C1)c1cccc2cnccc12. The van der Waals surface area contributed by atoms with Crippen LogP contribution in [0.5, 0.6) is 0 Å². The first-order valence-electron chi connectivity index (χ1n) is 9.85. The van der Waals surface area contributed by atoms with Crippen molar-refractivity contribution in [2.45, 2.75) is 25.0 Å². The van der Waals surface area contributed by atoms with E-state index in [2.05, 4.69) is 21.4 Å². The van der Waals surface area contributed by atoms with Crippen LogP contribution >= 0.6 is 0 Å². The van der Waals surface area contributed by atoms with Crippen LogP contribution in [0.1, 0.15) is 34.8 Å². The van der Waals surface area contributed by atoms with Crippen molar-refractivity contribution in [1.29, 1.82) is 0 Å². The Bertz CT molecular complexity index is 1200. The summed E-state index contributed by atoms with van der Waals surface area (Å²) in [6.07, 6.45) is 6.36. The molecule has 2 N–H and O–H groups in total. The van der Waals surface area contributed by atoms with Crippen molar-refractivity contribution in [3.63, 3.8) is 0 Å². The second-order valence-corrected chi connectivity index (χ2v) is 7.70. The molecular formula is C24H21N3O2. The van der Waals surface area contributed by atoms with Crippen LogP contribution in [0.4, 0.5) is 0 Å². The fourth-order valence-electron chi connectivity index (χ4n) is 4.17. The number of hydrogen-bond acceptors (Lipinski definition) is 4. The minimum atomic E-state index is -0.295. The smallest absolute Gasteiger partial charge is 0.252 e. The Morgan fingerprint density at radius 3 is 2.72 bits per heavy atom. The van der Waals surface area contributed by atoms with Gasteiger partial charge in [-0.05, 0) is 54.0 Å². The third-order valence-electron chi connectivity index (χ3n) is 5.80. The molecule has 5 rings (SSSR count). The Hall–Kier alpha value is -3.31. The van der Waals surface area contributed by atoms with Crippen LogP contribution in [0, 0.1) is 5.92 Å². The van der Waals surface area contributed by atoms with E-state index in [1.807, 2.05) is 54.7 Å². The lowest BCUT2D eigenvalue weighted by Gasteiger charge is -2.38. The molecule has 5 nitrogen and oxygen atoms in total. The number of hydrogen-bond donors (Lipinski definition) is 2. The molecule has 4 aromatic rings. The van der Waals surface area contributed by atoms with Gasteiger partial charge in [-0.2, -0.15) is 0 Å². The van der Waals surface area contributed by atoms with E-state index >= 15 is 0 Å². The number of pyridine rings is 2. The highest BCUT2D eigenvalue weighted by molar-refractivity contribution is 6.07. The number of amides is 1. The molecule has 0 radical (unpaired) electrons. The molecule has 1 atom stereocenters. The first-order chi connectivity index (χ1) is 14.2. The first kappa shape index (κ1) is 17.8. The summed E-state index contributed by atoms with van der Waals surface area (Å²) in [5, 5.41) is 15.9. The maximum atomic E-state index is 13.2. The van der Waals surface area contributed by atoms with Crippen LogP contribution in [0.3, 0.4) is 0 Å². The summed E-state index contributed by atoms with van der Waals surface area (Å²) in [6.45, 7) is 0. The molecule has 0 spiro atoms. The lowest BCUT2D eigenvalue weighted by Crippen LogP contribution is -2.41. The minimum absolute atomic E-state index is 0.124. The van der Waals surface area contributed by atoms with E-state index < -0.39 is 0 Å². The van der Waals surface area contributed by atoms with Crippen molar-refractivity contribution in [2.75, 3.05) is 0 Å². The van der Waals surface area contributed by atoms with Crippen LogP contribution in [-0.2, 0) is 0 Å². The zero-order chi connectivity index (χ0) is 19.8. The minimum Gasteiger partial charge on any atom is -0.393 e. The lowest BCUT2D eigenvalue weighted by molar-refractivity contribution is 0.0235. The molecule has 1 aliphatic rings. The van der Waals surface area contributed by atoms with Gasteiger partial charge in [0.2, 0.25) is 0 Å². The number of carbonyl (C=O) groups excluding carboxylic acids is 1. The Labute approximate surface area is 168 Å². The van der Waals surface area contributed by atoms with Gasteiger partial charge >= 0.3 is 0 Å². The van der Waals surface area contributed by atoms with Gasteiger partial charge in [0.25, 0.3) is 5.91 Å². The highest BCUT2D eigenvalue weighted by Crippen LogP contribution is 2.38. The molecule has 2 aromatic carbocycles. The number of rotatable bonds is 4. The highest BCUT2D eigenvalue weighted by Gasteiger charge is 2.36. The number of para-hydroxylation sites is 1. The van der Waals surface area contributed by atoms with Gasteiger partial charge in [0.15, 0.2) is 0 Å². The number of aliphatic hydroxyl groups excluding tert-OH is 1. The Kier molecular flexibility index (Phi) is 4.45. The molecule has 29 heavy (non-hydrogen) atoms. The number of aliphatic hydroxyl groups is 1. The zero-order valence-corrected chi connectivity index (χ0v) is 15.8. The van der Waals surface area contributed by atoms with Crippen molar-refractivity contribution in [1.82, 2.24) is 15.3 Å². The van der Waals surface area contributed by atoms with E-state index in [-0.39, 0.29) is 24.0 Å². The number of nitrogens with one attached hydrogen (secondary N) is 1. The van der Waals surface area contributed by atoms with Crippen LogP contribution < -0.4 is 5.32 Å². The van der Waals surface area contributed by atoms with E-state index in [1.54, 1.807) is 12.4 Å². The number of carbonyl (C=O) groups is 1. The second-order valence-electron chi connectivity index (χ2n) is 7.70. The van der Waals surface area contributed by atoms with Crippen LogP contribution in [0.15, 0.2) is 73.2 Å². The molecule has 1 amide bonds. The molecule has 2 heterocycles. The predicted octanol–water partition coefficient (Wildman–Crippen LogP) is 4.03. The quantitative estimate of drug-likeness (QED) is 0.558. The summed E-state index contributed by atoms with van der Waals surface area (Å²) in [5.41, 5.74) is 2.52. The van der Waals surface area contributed by atoms with Gasteiger partial charge in [0.05, 0.1) is 17.7 Å². The van der Waals surface area contributed by atoms with Gasteiger partial charge in [-0.25, -0.2) is 0 Å². The van der Waals surface area contributed by atoms with Crippen molar-refractivity contribution in [3.8, 4) is 0 Å². The summed E-state index contributed by atoms with van der Waals surface area (Å²) in [7, 11) is 0. The second kappa shape index (κ2) is 7.26. The van der Waals surface area contributed by atoms with E-state index in [1.165, 1.54) is 0 Å². The summed E-state index contributed by atoms with van der Waals surface area (Å²) < 4.78 is 0. The maximum absolute atomic E-state index is 13.2. The monoisotopic (exact) mass is 383 g/mol. The number of benzene rings is 2. The summed E-state index contributed by atoms with van der Waals surface area (Å²) in [6, 6.07) is 17.4. The van der Waals surface area contributed by atoms with Crippen molar-refractivity contribution in [2.24, 2.45) is 5.92 Å². The third-order valence-corrected chi connectivity index (χ3v) is 5.80. The van der Waals surface area contributed by atoms with Crippen LogP contribution in [0.2, 0.25) is 0 Å². The van der Waals surface area contributed by atoms with Gasteiger partial charge in [0, 0.05) is 34.9 Å². The summed E-state index contributed by atoms with van der Waals surface area (Å²) in [5.74, 6) is 0.0647. The Morgan fingerprint density at radius 2 is 1.86 bits per heavy atom. The first-order valence-corrected chi connectivity index (χ1v) is 9.85. The summed E-state index contributed by atoms with van der Waals surface area (Å²) >= 11 is 0. The Balaban J connectivity index is 1.50. The highest BCUT2D eigenvalue weighted by atomic mass is 16.3. The van der Waals surface area contributed by atoms with Crippen molar-refractivity contribution in [3.05, 3.63) is 84.3 Å². The van der Waals surface area contributed by atoms with Gasteiger partial charge < -0.3 is 10.4 Å². The van der Waals surface area contributed by atoms with Crippen LogP contribution in [-0.4, -0.2) is 27.1 Å². The standard InChI is InChI=1S/C24H21N3O2/c28-19-11-17(12-19)23(18-10-15-4-1-2-7-22(15)26-14-18)27-24(29)21-6-3-5-16-13-25-9-8-20(16)21/h1-10,13-14,17,19,23,28H,11-12H2,(H,27,29). The van der Waals surface area contributed by atoms with E-state index in [4.69, 9.17) is 0 Å². The van der Waals surface area contributed by atoms with E-state index in [0.29, 0.717) is 18.4 Å². The fraction of sp³-hybridized carbons (Fsp3) is 0.208. The molecular weight excluding hydrogens is 362 g/mol. The number of aromatic nitrogens is 2. The maximum Gasteiger partial charge on any atom is 0.252 e. The zero-order valence-electron chi connectivity index (χ0n) is 15.8. The lowest BCUT2D eigenvalue weighted by atomic mass is 9.75. The number of nitrogens with zero attached hydrogens (tertiary/aromatic N) is 2. The van der Waals surface area contributed by atoms with Crippen molar-refractivity contribution < 1.29 is 9.90 Å². The molecule has 0 saturated heterocycles. The molecule has 1 saturated carbocycles. The molecule has 1 aliphatic carbocycles. The van der Waals surface area contributed by atoms with Gasteiger partial charge in [-0.3, -0.25) is 14.8 Å².